The average Bonchev–Trinajstić information content (AvgIpc) is 2.65. The van der Waals surface area contributed by atoms with Crippen LogP contribution in [-0.2, 0) is 6.54 Å². The number of nitrogens with zero attached hydrogens (tertiary/aromatic N) is 1. The highest BCUT2D eigenvalue weighted by atomic mass is 35.5. The Morgan fingerprint density at radius 1 is 1.23 bits per heavy atom. The number of rotatable bonds is 5. The van der Waals surface area contributed by atoms with Gasteiger partial charge in [0, 0.05) is 36.3 Å². The Labute approximate surface area is 157 Å². The lowest BCUT2D eigenvalue weighted by Crippen LogP contribution is -2.44. The molecule has 0 aliphatic carbocycles. The third kappa shape index (κ3) is 4.74. The molecule has 26 heavy (non-hydrogen) atoms. The van der Waals surface area contributed by atoms with Gasteiger partial charge in [-0.2, -0.15) is 0 Å². The molecule has 1 aliphatic heterocycles. The molecule has 1 fully saturated rings. The third-order valence-corrected chi connectivity index (χ3v) is 4.91. The zero-order valence-corrected chi connectivity index (χ0v) is 15.4. The summed E-state index contributed by atoms with van der Waals surface area (Å²) >= 11 is 5.91. The van der Waals surface area contributed by atoms with Crippen molar-refractivity contribution in [1.29, 1.82) is 0 Å². The predicted octanol–water partition coefficient (Wildman–Crippen LogP) is 3.88. The third-order valence-electron chi connectivity index (χ3n) is 4.66. The minimum absolute atomic E-state index is 0.106. The zero-order valence-electron chi connectivity index (χ0n) is 14.7. The lowest BCUT2D eigenvalue weighted by atomic mass is 10.0. The van der Waals surface area contributed by atoms with Crippen LogP contribution in [0.3, 0.4) is 0 Å². The number of hydrogen-bond donors (Lipinski definition) is 1. The van der Waals surface area contributed by atoms with Crippen molar-refractivity contribution in [1.82, 2.24) is 10.2 Å². The lowest BCUT2D eigenvalue weighted by Gasteiger charge is -2.32. The first-order chi connectivity index (χ1) is 12.5. The van der Waals surface area contributed by atoms with Gasteiger partial charge in [0.15, 0.2) is 11.6 Å². The predicted molar refractivity (Wildman–Crippen MR) is 100 cm³/mol. The van der Waals surface area contributed by atoms with Crippen LogP contribution in [0.15, 0.2) is 42.5 Å². The number of nitrogens with one attached hydrogen (secondary N) is 1. The number of hydrogen-bond acceptors (Lipinski definition) is 3. The lowest BCUT2D eigenvalue weighted by molar-refractivity contribution is 0.0908. The quantitative estimate of drug-likeness (QED) is 0.861. The van der Waals surface area contributed by atoms with Gasteiger partial charge in [0.05, 0.1) is 7.11 Å². The molecular weight excluding hydrogens is 355 g/mol. The van der Waals surface area contributed by atoms with E-state index in [9.17, 15) is 9.18 Å². The number of methoxy groups -OCH3 is 1. The molecule has 0 aromatic heterocycles. The van der Waals surface area contributed by atoms with Crippen molar-refractivity contribution in [2.45, 2.75) is 25.4 Å². The summed E-state index contributed by atoms with van der Waals surface area (Å²) in [5, 5.41) is 3.74. The van der Waals surface area contributed by atoms with Crippen molar-refractivity contribution in [3.8, 4) is 5.75 Å². The second-order valence-electron chi connectivity index (χ2n) is 6.50. The number of halogens is 2. The van der Waals surface area contributed by atoms with Gasteiger partial charge in [-0.15, -0.1) is 0 Å². The Morgan fingerprint density at radius 2 is 1.92 bits per heavy atom. The normalized spacial score (nSPS) is 15.7. The maximum atomic E-state index is 13.8. The van der Waals surface area contributed by atoms with Crippen LogP contribution >= 0.6 is 11.6 Å². The van der Waals surface area contributed by atoms with Gasteiger partial charge < -0.3 is 10.1 Å². The number of ether oxygens (including phenoxy) is 1. The molecule has 0 atom stereocenters. The number of benzene rings is 2. The van der Waals surface area contributed by atoms with Gasteiger partial charge in [0.25, 0.3) is 5.91 Å². The highest BCUT2D eigenvalue weighted by Gasteiger charge is 2.21. The van der Waals surface area contributed by atoms with E-state index < -0.39 is 5.82 Å². The first-order valence-electron chi connectivity index (χ1n) is 8.66. The van der Waals surface area contributed by atoms with Crippen LogP contribution in [0, 0.1) is 5.82 Å². The van der Waals surface area contributed by atoms with Crippen LogP contribution in [0.25, 0.3) is 0 Å². The van der Waals surface area contributed by atoms with E-state index in [0.717, 1.165) is 37.5 Å². The summed E-state index contributed by atoms with van der Waals surface area (Å²) in [5.74, 6) is -0.641. The first-order valence-corrected chi connectivity index (χ1v) is 9.04. The molecule has 4 nitrogen and oxygen atoms in total. The van der Waals surface area contributed by atoms with Crippen LogP contribution in [0.5, 0.6) is 5.75 Å². The van der Waals surface area contributed by atoms with E-state index in [1.54, 1.807) is 6.07 Å². The fourth-order valence-electron chi connectivity index (χ4n) is 3.16. The van der Waals surface area contributed by atoms with E-state index in [-0.39, 0.29) is 17.7 Å². The van der Waals surface area contributed by atoms with Crippen molar-refractivity contribution in [3.63, 3.8) is 0 Å². The Bertz CT molecular complexity index is 759. The zero-order chi connectivity index (χ0) is 18.5. The maximum absolute atomic E-state index is 13.8. The molecule has 2 aromatic carbocycles. The highest BCUT2D eigenvalue weighted by molar-refractivity contribution is 6.30. The molecule has 1 amide bonds. The second-order valence-corrected chi connectivity index (χ2v) is 6.94. The van der Waals surface area contributed by atoms with Crippen molar-refractivity contribution in [3.05, 3.63) is 64.4 Å². The summed E-state index contributed by atoms with van der Waals surface area (Å²) in [7, 11) is 1.40. The molecule has 1 N–H and O–H groups in total. The van der Waals surface area contributed by atoms with E-state index >= 15 is 0 Å². The molecular formula is C20H22ClFN2O2. The van der Waals surface area contributed by atoms with Crippen LogP contribution in [0.1, 0.15) is 28.8 Å². The van der Waals surface area contributed by atoms with Crippen molar-refractivity contribution >= 4 is 17.5 Å². The van der Waals surface area contributed by atoms with Gasteiger partial charge in [-0.25, -0.2) is 4.39 Å². The SMILES string of the molecule is COc1ccc(C(=O)NC2CCN(Cc3ccc(Cl)cc3)CC2)cc1F. The van der Waals surface area contributed by atoms with Crippen molar-refractivity contribution in [2.75, 3.05) is 20.2 Å². The molecule has 0 bridgehead atoms. The van der Waals surface area contributed by atoms with Crippen LogP contribution in [0.2, 0.25) is 5.02 Å². The molecule has 1 saturated heterocycles. The fraction of sp³-hybridized carbons (Fsp3) is 0.350. The van der Waals surface area contributed by atoms with Gasteiger partial charge in [-0.1, -0.05) is 23.7 Å². The van der Waals surface area contributed by atoms with Gasteiger partial charge in [-0.3, -0.25) is 9.69 Å². The van der Waals surface area contributed by atoms with Gasteiger partial charge in [0.1, 0.15) is 0 Å². The highest BCUT2D eigenvalue weighted by Crippen LogP contribution is 2.19. The summed E-state index contributed by atoms with van der Waals surface area (Å²) in [6, 6.07) is 12.2. The van der Waals surface area contributed by atoms with Gasteiger partial charge in [0.2, 0.25) is 0 Å². The van der Waals surface area contributed by atoms with Crippen molar-refractivity contribution in [2.24, 2.45) is 0 Å². The largest absolute Gasteiger partial charge is 0.494 e. The summed E-state index contributed by atoms with van der Waals surface area (Å²) in [4.78, 5) is 14.7. The molecule has 6 heteroatoms. The number of amides is 1. The molecule has 138 valence electrons. The smallest absolute Gasteiger partial charge is 0.251 e. The van der Waals surface area contributed by atoms with Crippen molar-refractivity contribution < 1.29 is 13.9 Å². The molecule has 0 saturated carbocycles. The summed E-state index contributed by atoms with van der Waals surface area (Å²) in [5.41, 5.74) is 1.54. The van der Waals surface area contributed by atoms with Gasteiger partial charge >= 0.3 is 0 Å². The van der Waals surface area contributed by atoms with E-state index in [2.05, 4.69) is 10.2 Å². The van der Waals surface area contributed by atoms with Crippen LogP contribution in [0.4, 0.5) is 4.39 Å². The monoisotopic (exact) mass is 376 g/mol. The maximum Gasteiger partial charge on any atom is 0.251 e. The van der Waals surface area contributed by atoms with E-state index in [1.165, 1.54) is 24.8 Å². The number of piperidine rings is 1. The first kappa shape index (κ1) is 18.7. The standard InChI is InChI=1S/C20H22ClFN2O2/c1-26-19-7-4-15(12-18(19)22)20(25)23-17-8-10-24(11-9-17)13-14-2-5-16(21)6-3-14/h2-7,12,17H,8-11,13H2,1H3,(H,23,25). The van der Waals surface area contributed by atoms with E-state index in [1.807, 2.05) is 24.3 Å². The molecule has 0 radical (unpaired) electrons. The van der Waals surface area contributed by atoms with Crippen LogP contribution in [-0.4, -0.2) is 37.0 Å². The molecule has 3 rings (SSSR count). The average molecular weight is 377 g/mol. The molecule has 0 spiro atoms. The van der Waals surface area contributed by atoms with E-state index in [0.29, 0.717) is 5.56 Å². The van der Waals surface area contributed by atoms with Crippen LogP contribution < -0.4 is 10.1 Å². The fourth-order valence-corrected chi connectivity index (χ4v) is 3.29. The summed E-state index contributed by atoms with van der Waals surface area (Å²) in [6.45, 7) is 2.69. The number of likely N-dealkylation sites (tertiary alicyclic amines) is 1. The minimum Gasteiger partial charge on any atom is -0.494 e. The number of carbonyl (C=O) groups excluding carboxylic acids is 1. The molecule has 1 aliphatic rings. The second kappa shape index (κ2) is 8.52. The Balaban J connectivity index is 1.49. The molecule has 1 heterocycles. The Morgan fingerprint density at radius 3 is 2.54 bits per heavy atom. The van der Waals surface area contributed by atoms with E-state index in [4.69, 9.17) is 16.3 Å². The van der Waals surface area contributed by atoms with Gasteiger partial charge in [-0.05, 0) is 48.7 Å². The topological polar surface area (TPSA) is 41.6 Å². The summed E-state index contributed by atoms with van der Waals surface area (Å²) < 4.78 is 18.6. The minimum atomic E-state index is -0.530. The molecule has 2 aromatic rings. The summed E-state index contributed by atoms with van der Waals surface area (Å²) in [6.07, 6.45) is 1.75. The Hall–Kier alpha value is -2.11. The Kier molecular flexibility index (Phi) is 6.12. The molecule has 0 unspecified atom stereocenters. The number of carbonyl (C=O) groups is 1.